The molecule has 1 aliphatic rings. The molecule has 0 spiro atoms. The molecule has 0 aliphatic carbocycles. The van der Waals surface area contributed by atoms with Gasteiger partial charge in [0.05, 0.1) is 18.2 Å². The molecule has 0 unspecified atom stereocenters. The van der Waals surface area contributed by atoms with Crippen molar-refractivity contribution >= 4 is 34.2 Å². The van der Waals surface area contributed by atoms with Crippen molar-refractivity contribution in [2.45, 2.75) is 38.1 Å². The zero-order valence-corrected chi connectivity index (χ0v) is 20.1. The van der Waals surface area contributed by atoms with E-state index in [1.165, 1.54) is 0 Å². The van der Waals surface area contributed by atoms with Gasteiger partial charge in [0, 0.05) is 18.0 Å². The fourth-order valence-electron chi connectivity index (χ4n) is 4.37. The minimum absolute atomic E-state index is 0.0123. The van der Waals surface area contributed by atoms with Gasteiger partial charge in [-0.3, -0.25) is 9.59 Å². The van der Waals surface area contributed by atoms with Crippen LogP contribution in [0.25, 0.3) is 11.0 Å². The van der Waals surface area contributed by atoms with Gasteiger partial charge in [0.1, 0.15) is 18.1 Å². The summed E-state index contributed by atoms with van der Waals surface area (Å²) >= 11 is 1.56. The number of carbonyl (C=O) groups excluding carboxylic acids is 2. The highest BCUT2D eigenvalue weighted by atomic mass is 32.1. The van der Waals surface area contributed by atoms with Crippen LogP contribution < -0.4 is 5.32 Å². The molecule has 9 heteroatoms. The van der Waals surface area contributed by atoms with Crippen LogP contribution in [0.5, 0.6) is 0 Å². The summed E-state index contributed by atoms with van der Waals surface area (Å²) in [5, 5.41) is 13.4. The number of hydrogen-bond acceptors (Lipinski definition) is 6. The molecule has 0 saturated carbocycles. The molecular weight excluding hydrogens is 462 g/mol. The number of aromatic nitrogens is 3. The van der Waals surface area contributed by atoms with Crippen molar-refractivity contribution in [2.75, 3.05) is 13.2 Å². The van der Waals surface area contributed by atoms with E-state index in [2.05, 4.69) is 15.6 Å². The first-order chi connectivity index (χ1) is 17.2. The first-order valence-electron chi connectivity index (χ1n) is 11.7. The summed E-state index contributed by atoms with van der Waals surface area (Å²) in [6, 6.07) is 20.1. The van der Waals surface area contributed by atoms with E-state index in [1.807, 2.05) is 72.1 Å². The molecule has 5 rings (SSSR count). The first-order valence-corrected chi connectivity index (χ1v) is 12.6. The second-order valence-electron chi connectivity index (χ2n) is 8.53. The number of thiophene rings is 1. The van der Waals surface area contributed by atoms with Gasteiger partial charge in [0.15, 0.2) is 0 Å². The third-order valence-corrected chi connectivity index (χ3v) is 7.00. The fraction of sp³-hybridized carbons (Fsp3) is 0.308. The van der Waals surface area contributed by atoms with Crippen molar-refractivity contribution < 1.29 is 14.3 Å². The number of amides is 2. The Labute approximate surface area is 207 Å². The van der Waals surface area contributed by atoms with E-state index in [0.29, 0.717) is 13.1 Å². The lowest BCUT2D eigenvalue weighted by atomic mass is 10.0. The Hall–Kier alpha value is -3.56. The van der Waals surface area contributed by atoms with Crippen molar-refractivity contribution in [1.82, 2.24) is 25.2 Å². The third-order valence-electron chi connectivity index (χ3n) is 6.14. The summed E-state index contributed by atoms with van der Waals surface area (Å²) < 4.78 is 7.27. The lowest BCUT2D eigenvalue weighted by molar-refractivity contribution is -0.142. The van der Waals surface area contributed by atoms with Crippen molar-refractivity contribution in [3.8, 4) is 0 Å². The zero-order valence-electron chi connectivity index (χ0n) is 19.2. The van der Waals surface area contributed by atoms with Gasteiger partial charge in [0.25, 0.3) is 0 Å². The van der Waals surface area contributed by atoms with Gasteiger partial charge in [-0.05, 0) is 42.0 Å². The average Bonchev–Trinajstić information content (AvgIpc) is 3.66. The van der Waals surface area contributed by atoms with Crippen molar-refractivity contribution in [3.05, 3.63) is 82.6 Å². The lowest BCUT2D eigenvalue weighted by Gasteiger charge is -2.31. The van der Waals surface area contributed by atoms with E-state index in [1.54, 1.807) is 20.9 Å². The molecule has 1 fully saturated rings. The van der Waals surface area contributed by atoms with E-state index in [4.69, 9.17) is 4.74 Å². The minimum Gasteiger partial charge on any atom is -0.376 e. The van der Waals surface area contributed by atoms with Gasteiger partial charge in [-0.25, -0.2) is 4.68 Å². The molecule has 0 radical (unpaired) electrons. The molecule has 2 aromatic heterocycles. The highest BCUT2D eigenvalue weighted by Gasteiger charge is 2.32. The third kappa shape index (κ3) is 5.41. The van der Waals surface area contributed by atoms with Crippen LogP contribution in [-0.4, -0.2) is 51.0 Å². The van der Waals surface area contributed by atoms with Crippen LogP contribution in [0.4, 0.5) is 0 Å². The smallest absolute Gasteiger partial charge is 0.247 e. The molecule has 3 heterocycles. The highest BCUT2D eigenvalue weighted by Crippen LogP contribution is 2.26. The van der Waals surface area contributed by atoms with Crippen LogP contribution in [0.2, 0.25) is 0 Å². The Balaban J connectivity index is 1.45. The maximum absolute atomic E-state index is 13.8. The van der Waals surface area contributed by atoms with Crippen molar-refractivity contribution in [1.29, 1.82) is 0 Å². The molecule has 1 N–H and O–H groups in total. The summed E-state index contributed by atoms with van der Waals surface area (Å²) in [5.74, 6) is -0.435. The molecule has 1 saturated heterocycles. The normalized spacial score (nSPS) is 16.3. The Morgan fingerprint density at radius 2 is 1.94 bits per heavy atom. The number of benzene rings is 2. The van der Waals surface area contributed by atoms with Crippen LogP contribution in [0.15, 0.2) is 72.1 Å². The maximum Gasteiger partial charge on any atom is 0.247 e. The maximum atomic E-state index is 13.8. The lowest BCUT2D eigenvalue weighted by Crippen LogP contribution is -2.46. The van der Waals surface area contributed by atoms with Crippen LogP contribution in [0.1, 0.15) is 29.3 Å². The molecule has 2 aromatic carbocycles. The van der Waals surface area contributed by atoms with Gasteiger partial charge in [-0.2, -0.15) is 0 Å². The quantitative estimate of drug-likeness (QED) is 0.388. The van der Waals surface area contributed by atoms with E-state index in [-0.39, 0.29) is 24.5 Å². The van der Waals surface area contributed by atoms with E-state index in [9.17, 15) is 9.59 Å². The molecule has 2 atom stereocenters. The number of ether oxygens (including phenoxy) is 1. The number of para-hydroxylation sites is 1. The minimum atomic E-state index is -0.790. The molecule has 180 valence electrons. The number of nitrogens with one attached hydrogen (secondary N) is 1. The summed E-state index contributed by atoms with van der Waals surface area (Å²) in [5.41, 5.74) is 2.25. The first kappa shape index (κ1) is 23.2. The Bertz CT molecular complexity index is 1270. The molecule has 0 bridgehead atoms. The monoisotopic (exact) mass is 489 g/mol. The number of rotatable bonds is 9. The second kappa shape index (κ2) is 10.8. The Morgan fingerprint density at radius 1 is 1.11 bits per heavy atom. The molecule has 4 aromatic rings. The number of hydrogen-bond donors (Lipinski definition) is 1. The summed E-state index contributed by atoms with van der Waals surface area (Å²) in [4.78, 5) is 30.0. The Morgan fingerprint density at radius 3 is 2.71 bits per heavy atom. The predicted molar refractivity (Wildman–Crippen MR) is 134 cm³/mol. The zero-order chi connectivity index (χ0) is 24.0. The molecule has 2 amide bonds. The molecule has 8 nitrogen and oxygen atoms in total. The summed E-state index contributed by atoms with van der Waals surface area (Å²) in [6.07, 6.45) is 1.93. The van der Waals surface area contributed by atoms with Gasteiger partial charge in [-0.15, -0.1) is 16.4 Å². The molecule has 35 heavy (non-hydrogen) atoms. The highest BCUT2D eigenvalue weighted by molar-refractivity contribution is 7.09. The van der Waals surface area contributed by atoms with Gasteiger partial charge in [-0.1, -0.05) is 53.7 Å². The van der Waals surface area contributed by atoms with Crippen LogP contribution in [-0.2, 0) is 27.4 Å². The van der Waals surface area contributed by atoms with E-state index in [0.717, 1.165) is 40.9 Å². The van der Waals surface area contributed by atoms with Gasteiger partial charge < -0.3 is 15.0 Å². The summed E-state index contributed by atoms with van der Waals surface area (Å²) in [6.45, 7) is 1.44. The number of carbonyl (C=O) groups is 2. The van der Waals surface area contributed by atoms with E-state index < -0.39 is 6.04 Å². The van der Waals surface area contributed by atoms with E-state index >= 15 is 0 Å². The average molecular weight is 490 g/mol. The predicted octanol–water partition coefficient (Wildman–Crippen LogP) is 3.56. The van der Waals surface area contributed by atoms with Crippen LogP contribution in [0.3, 0.4) is 0 Å². The standard InChI is InChI=1S/C26H27N5O3S/c32-24(18-31-23-13-5-4-12-22(23)28-29-31)30(17-21-11-7-15-35-21)25(19-8-2-1-3-9-19)26(33)27-16-20-10-6-14-34-20/h1-5,7-9,11-13,15,20,25H,6,10,14,16-18H2,(H,27,33)/t20-,25-/m1/s1. The Kier molecular flexibility index (Phi) is 7.15. The summed E-state index contributed by atoms with van der Waals surface area (Å²) in [7, 11) is 0. The molecular formula is C26H27N5O3S. The largest absolute Gasteiger partial charge is 0.376 e. The second-order valence-corrected chi connectivity index (χ2v) is 9.56. The van der Waals surface area contributed by atoms with Crippen LogP contribution >= 0.6 is 11.3 Å². The number of fused-ring (bicyclic) bond motifs is 1. The topological polar surface area (TPSA) is 89.4 Å². The fourth-order valence-corrected chi connectivity index (χ4v) is 5.07. The SMILES string of the molecule is O=C(NC[C@H]1CCCO1)[C@@H](c1ccccc1)N(Cc1cccs1)C(=O)Cn1nnc2ccccc21. The molecule has 1 aliphatic heterocycles. The van der Waals surface area contributed by atoms with Gasteiger partial charge >= 0.3 is 0 Å². The van der Waals surface area contributed by atoms with Crippen molar-refractivity contribution in [3.63, 3.8) is 0 Å². The van der Waals surface area contributed by atoms with Gasteiger partial charge in [0.2, 0.25) is 11.8 Å². The van der Waals surface area contributed by atoms with Crippen molar-refractivity contribution in [2.24, 2.45) is 0 Å². The number of nitrogens with zero attached hydrogens (tertiary/aromatic N) is 4. The van der Waals surface area contributed by atoms with Crippen LogP contribution in [0, 0.1) is 0 Å².